The number of hydrogen-bond donors (Lipinski definition) is 0. The molecule has 0 unspecified atom stereocenters. The lowest BCUT2D eigenvalue weighted by Gasteiger charge is -2.23. The van der Waals surface area contributed by atoms with E-state index in [2.05, 4.69) is 72.4 Å². The zero-order chi connectivity index (χ0) is 15.8. The van der Waals surface area contributed by atoms with Crippen LogP contribution in [-0.4, -0.2) is 12.0 Å². The van der Waals surface area contributed by atoms with Crippen molar-refractivity contribution in [2.45, 2.75) is 6.92 Å². The fourth-order valence-corrected chi connectivity index (χ4v) is 3.35. The highest BCUT2D eigenvalue weighted by molar-refractivity contribution is 6.14. The maximum absolute atomic E-state index is 4.52. The van der Waals surface area contributed by atoms with Gasteiger partial charge in [0.05, 0.1) is 5.69 Å². The number of rotatable bonds is 2. The molecule has 0 amide bonds. The lowest BCUT2D eigenvalue weighted by molar-refractivity contribution is 1.14. The van der Waals surface area contributed by atoms with Gasteiger partial charge in [0, 0.05) is 24.0 Å². The monoisotopic (exact) mass is 298 g/mol. The predicted molar refractivity (Wildman–Crippen MR) is 98.5 cm³/mol. The second-order valence-electron chi connectivity index (χ2n) is 5.81. The maximum atomic E-state index is 4.52. The minimum absolute atomic E-state index is 0.951. The van der Waals surface area contributed by atoms with Gasteiger partial charge in [0.1, 0.15) is 5.82 Å². The largest absolute Gasteiger partial charge is 0.328 e. The molecule has 0 aliphatic carbocycles. The molecule has 4 aromatic rings. The van der Waals surface area contributed by atoms with Crippen molar-refractivity contribution in [3.8, 4) is 0 Å². The Morgan fingerprint density at radius 1 is 0.696 bits per heavy atom. The van der Waals surface area contributed by atoms with Gasteiger partial charge in [-0.1, -0.05) is 54.6 Å². The maximum Gasteiger partial charge on any atom is 0.132 e. The van der Waals surface area contributed by atoms with Crippen molar-refractivity contribution in [1.82, 2.24) is 4.98 Å². The molecule has 4 rings (SSSR count). The van der Waals surface area contributed by atoms with Crippen LogP contribution in [0.25, 0.3) is 21.5 Å². The zero-order valence-corrected chi connectivity index (χ0v) is 13.3. The zero-order valence-electron chi connectivity index (χ0n) is 13.3. The number of aryl methyl sites for hydroxylation is 1. The van der Waals surface area contributed by atoms with E-state index in [1.807, 2.05) is 24.4 Å². The highest BCUT2D eigenvalue weighted by atomic mass is 15.2. The van der Waals surface area contributed by atoms with Gasteiger partial charge in [0.15, 0.2) is 0 Å². The Bertz CT molecular complexity index is 933. The van der Waals surface area contributed by atoms with Crippen LogP contribution in [0.5, 0.6) is 0 Å². The summed E-state index contributed by atoms with van der Waals surface area (Å²) in [5.41, 5.74) is 2.54. The van der Waals surface area contributed by atoms with Crippen molar-refractivity contribution < 1.29 is 0 Å². The smallest absolute Gasteiger partial charge is 0.132 e. The molecule has 0 saturated carbocycles. The summed E-state index contributed by atoms with van der Waals surface area (Å²) in [5.74, 6) is 0.951. The number of aromatic nitrogens is 1. The third-order valence-corrected chi connectivity index (χ3v) is 4.50. The topological polar surface area (TPSA) is 16.1 Å². The van der Waals surface area contributed by atoms with Crippen LogP contribution in [0, 0.1) is 6.92 Å². The predicted octanol–water partition coefficient (Wildman–Crippen LogP) is 5.46. The number of fused-ring (bicyclic) bond motifs is 2. The Kier molecular flexibility index (Phi) is 3.23. The fraction of sp³-hybridized carbons (Fsp3) is 0.0952. The summed E-state index contributed by atoms with van der Waals surface area (Å²) in [6.45, 7) is 2.20. The number of pyridine rings is 1. The Morgan fingerprint density at radius 2 is 1.22 bits per heavy atom. The van der Waals surface area contributed by atoms with E-state index < -0.39 is 0 Å². The fourth-order valence-electron chi connectivity index (χ4n) is 3.35. The van der Waals surface area contributed by atoms with Crippen molar-refractivity contribution in [2.75, 3.05) is 11.9 Å². The average molecular weight is 298 g/mol. The van der Waals surface area contributed by atoms with Crippen LogP contribution in [0.4, 0.5) is 11.5 Å². The SMILES string of the molecule is Cc1c2ccccc2c(N(C)c2ccccn2)c2ccccc12. The Hall–Kier alpha value is -2.87. The highest BCUT2D eigenvalue weighted by Crippen LogP contribution is 2.39. The molecule has 0 saturated heterocycles. The molecule has 0 atom stereocenters. The third kappa shape index (κ3) is 2.15. The lowest BCUT2D eigenvalue weighted by Crippen LogP contribution is -2.12. The summed E-state index contributed by atoms with van der Waals surface area (Å²) in [5, 5.41) is 5.11. The molecule has 23 heavy (non-hydrogen) atoms. The summed E-state index contributed by atoms with van der Waals surface area (Å²) in [7, 11) is 2.09. The molecule has 0 N–H and O–H groups in total. The van der Waals surface area contributed by atoms with E-state index in [0.717, 1.165) is 5.82 Å². The molecule has 0 aliphatic rings. The van der Waals surface area contributed by atoms with Crippen molar-refractivity contribution in [1.29, 1.82) is 0 Å². The first-order valence-electron chi connectivity index (χ1n) is 7.82. The molecule has 2 nitrogen and oxygen atoms in total. The van der Waals surface area contributed by atoms with E-state index in [-0.39, 0.29) is 0 Å². The van der Waals surface area contributed by atoms with Crippen LogP contribution < -0.4 is 4.90 Å². The van der Waals surface area contributed by atoms with Crippen LogP contribution in [0.1, 0.15) is 5.56 Å². The van der Waals surface area contributed by atoms with Gasteiger partial charge in [-0.3, -0.25) is 0 Å². The molecule has 0 radical (unpaired) electrons. The number of benzene rings is 3. The molecule has 3 aromatic carbocycles. The molecule has 1 heterocycles. The van der Waals surface area contributed by atoms with E-state index in [0.29, 0.717) is 0 Å². The Labute approximate surface area is 136 Å². The first-order valence-corrected chi connectivity index (χ1v) is 7.82. The molecule has 1 aromatic heterocycles. The first-order chi connectivity index (χ1) is 11.3. The van der Waals surface area contributed by atoms with E-state index >= 15 is 0 Å². The average Bonchev–Trinajstić information content (AvgIpc) is 2.63. The number of hydrogen-bond acceptors (Lipinski definition) is 2. The summed E-state index contributed by atoms with van der Waals surface area (Å²) >= 11 is 0. The van der Waals surface area contributed by atoms with Crippen LogP contribution in [-0.2, 0) is 0 Å². The van der Waals surface area contributed by atoms with Crippen molar-refractivity contribution in [2.24, 2.45) is 0 Å². The van der Waals surface area contributed by atoms with Crippen molar-refractivity contribution in [3.05, 3.63) is 78.5 Å². The lowest BCUT2D eigenvalue weighted by atomic mass is 9.95. The molecule has 2 heteroatoms. The Balaban J connectivity index is 2.13. The van der Waals surface area contributed by atoms with Crippen LogP contribution in [0.3, 0.4) is 0 Å². The first kappa shape index (κ1) is 13.8. The molecule has 0 bridgehead atoms. The van der Waals surface area contributed by atoms with Gasteiger partial charge >= 0.3 is 0 Å². The van der Waals surface area contributed by atoms with Gasteiger partial charge < -0.3 is 4.90 Å². The summed E-state index contributed by atoms with van der Waals surface area (Å²) in [6, 6.07) is 23.2. The highest BCUT2D eigenvalue weighted by Gasteiger charge is 2.15. The van der Waals surface area contributed by atoms with Gasteiger partial charge in [-0.05, 0) is 35.4 Å². The summed E-state index contributed by atoms with van der Waals surface area (Å²) in [4.78, 5) is 6.70. The van der Waals surface area contributed by atoms with Gasteiger partial charge in [-0.15, -0.1) is 0 Å². The number of anilines is 2. The Morgan fingerprint density at radius 3 is 1.74 bits per heavy atom. The summed E-state index contributed by atoms with van der Waals surface area (Å²) < 4.78 is 0. The van der Waals surface area contributed by atoms with E-state index in [9.17, 15) is 0 Å². The van der Waals surface area contributed by atoms with Crippen molar-refractivity contribution >= 4 is 33.1 Å². The van der Waals surface area contributed by atoms with E-state index in [4.69, 9.17) is 0 Å². The van der Waals surface area contributed by atoms with Crippen LogP contribution in [0.2, 0.25) is 0 Å². The quantitative estimate of drug-likeness (QED) is 0.456. The van der Waals surface area contributed by atoms with Gasteiger partial charge in [-0.2, -0.15) is 0 Å². The normalized spacial score (nSPS) is 11.0. The van der Waals surface area contributed by atoms with Crippen molar-refractivity contribution in [3.63, 3.8) is 0 Å². The van der Waals surface area contributed by atoms with Crippen LogP contribution in [0.15, 0.2) is 72.9 Å². The molecule has 112 valence electrons. The molecular weight excluding hydrogens is 280 g/mol. The second-order valence-corrected chi connectivity index (χ2v) is 5.81. The molecule has 0 aliphatic heterocycles. The van der Waals surface area contributed by atoms with Crippen LogP contribution >= 0.6 is 0 Å². The molecule has 0 fully saturated rings. The third-order valence-electron chi connectivity index (χ3n) is 4.50. The van der Waals surface area contributed by atoms with Gasteiger partial charge in [-0.25, -0.2) is 4.98 Å². The van der Waals surface area contributed by atoms with E-state index in [1.165, 1.54) is 32.8 Å². The summed E-state index contributed by atoms with van der Waals surface area (Å²) in [6.07, 6.45) is 1.84. The van der Waals surface area contributed by atoms with Gasteiger partial charge in [0.2, 0.25) is 0 Å². The molecular formula is C21H18N2. The minimum Gasteiger partial charge on any atom is -0.328 e. The minimum atomic E-state index is 0.951. The number of nitrogens with zero attached hydrogens (tertiary/aromatic N) is 2. The van der Waals surface area contributed by atoms with E-state index in [1.54, 1.807) is 0 Å². The van der Waals surface area contributed by atoms with Gasteiger partial charge in [0.25, 0.3) is 0 Å². The second kappa shape index (κ2) is 5.40. The standard InChI is InChI=1S/C21H18N2/c1-15-16-9-3-5-11-18(16)21(19-12-6-4-10-17(15)19)23(2)20-13-7-8-14-22-20/h3-14H,1-2H3. The molecule has 0 spiro atoms.